The third-order valence-corrected chi connectivity index (χ3v) is 4.65. The molecule has 0 spiro atoms. The van der Waals surface area contributed by atoms with Crippen molar-refractivity contribution in [1.29, 1.82) is 0 Å². The number of H-pyrrole nitrogens is 1. The number of pyridine rings is 1. The maximum absolute atomic E-state index is 12.9. The highest BCUT2D eigenvalue weighted by molar-refractivity contribution is 5.96. The Morgan fingerprint density at radius 2 is 2.04 bits per heavy atom. The lowest BCUT2D eigenvalue weighted by Crippen LogP contribution is -2.34. The molecule has 2 aromatic heterocycles. The van der Waals surface area contributed by atoms with E-state index in [1.807, 2.05) is 12.1 Å². The Morgan fingerprint density at radius 3 is 2.88 bits per heavy atom. The number of carbonyl (C=O) groups is 1. The first-order chi connectivity index (χ1) is 11.6. The minimum absolute atomic E-state index is 0.176. The first kappa shape index (κ1) is 14.7. The van der Waals surface area contributed by atoms with Crippen molar-refractivity contribution >= 4 is 16.9 Å². The second-order valence-corrected chi connectivity index (χ2v) is 6.16. The molecule has 0 fully saturated rings. The zero-order valence-electron chi connectivity index (χ0n) is 13.5. The summed E-state index contributed by atoms with van der Waals surface area (Å²) in [7, 11) is 1.76. The van der Waals surface area contributed by atoms with Crippen molar-refractivity contribution in [2.24, 2.45) is 7.05 Å². The minimum Gasteiger partial charge on any atom is -0.345 e. The largest absolute Gasteiger partial charge is 0.345 e. The Bertz CT molecular complexity index is 986. The molecule has 1 N–H and O–H groups in total. The zero-order chi connectivity index (χ0) is 16.7. The van der Waals surface area contributed by atoms with Crippen LogP contribution in [-0.4, -0.2) is 32.1 Å². The Morgan fingerprint density at radius 1 is 1.25 bits per heavy atom. The molecule has 0 atom stereocenters. The number of aromatic amines is 1. The molecule has 3 aromatic rings. The van der Waals surface area contributed by atoms with Gasteiger partial charge < -0.3 is 9.88 Å². The molecule has 1 amide bonds. The molecular weight excluding hydrogens is 304 g/mol. The van der Waals surface area contributed by atoms with E-state index in [-0.39, 0.29) is 16.9 Å². The molecule has 24 heavy (non-hydrogen) atoms. The number of rotatable bonds is 1. The van der Waals surface area contributed by atoms with Crippen LogP contribution in [-0.2, 0) is 20.0 Å². The van der Waals surface area contributed by atoms with Gasteiger partial charge in [0.1, 0.15) is 11.2 Å². The van der Waals surface area contributed by atoms with Crippen LogP contribution in [0, 0.1) is 0 Å². The molecule has 1 aliphatic rings. The van der Waals surface area contributed by atoms with Crippen LogP contribution < -0.4 is 5.43 Å². The van der Waals surface area contributed by atoms with E-state index in [2.05, 4.69) is 22.2 Å². The van der Waals surface area contributed by atoms with Crippen molar-refractivity contribution in [3.05, 3.63) is 63.6 Å². The Balaban J connectivity index is 1.71. The van der Waals surface area contributed by atoms with Gasteiger partial charge in [0.05, 0.1) is 11.6 Å². The van der Waals surface area contributed by atoms with Crippen molar-refractivity contribution in [2.75, 3.05) is 6.54 Å². The summed E-state index contributed by atoms with van der Waals surface area (Å²) < 4.78 is 1.59. The fraction of sp³-hybridized carbons (Fsp3) is 0.278. The van der Waals surface area contributed by atoms with Crippen LogP contribution in [0.25, 0.3) is 11.0 Å². The molecule has 0 unspecified atom stereocenters. The number of amides is 1. The van der Waals surface area contributed by atoms with Crippen molar-refractivity contribution in [2.45, 2.75) is 19.4 Å². The van der Waals surface area contributed by atoms with Crippen LogP contribution >= 0.6 is 0 Å². The second-order valence-electron chi connectivity index (χ2n) is 6.16. The smallest absolute Gasteiger partial charge is 0.259 e. The standard InChI is InChI=1S/C18H18N4O2/c1-21-17-14(10-20-21)16(23)15(9-19-17)18(24)22-8-4-7-12-5-2-3-6-13(12)11-22/h2-3,5-6,9-10H,4,7-8,11H2,1H3,(H,19,23). The van der Waals surface area contributed by atoms with Crippen molar-refractivity contribution in [1.82, 2.24) is 19.7 Å². The topological polar surface area (TPSA) is 71.0 Å². The molecule has 0 saturated carbocycles. The molecule has 122 valence electrons. The summed E-state index contributed by atoms with van der Waals surface area (Å²) in [6, 6.07) is 8.17. The van der Waals surface area contributed by atoms with Gasteiger partial charge in [0.25, 0.3) is 5.91 Å². The van der Waals surface area contributed by atoms with Crippen LogP contribution in [0.3, 0.4) is 0 Å². The minimum atomic E-state index is -0.264. The SMILES string of the molecule is Cn1ncc2c(=O)c(C(=O)N3CCCc4ccccc4C3)c[nH]c21. The van der Waals surface area contributed by atoms with Gasteiger partial charge in [-0.15, -0.1) is 0 Å². The molecule has 1 aliphatic heterocycles. The first-order valence-electron chi connectivity index (χ1n) is 8.04. The van der Waals surface area contributed by atoms with E-state index in [1.165, 1.54) is 18.0 Å². The van der Waals surface area contributed by atoms with Crippen LogP contribution in [0.4, 0.5) is 0 Å². The lowest BCUT2D eigenvalue weighted by atomic mass is 10.0. The van der Waals surface area contributed by atoms with Crippen LogP contribution in [0.1, 0.15) is 27.9 Å². The van der Waals surface area contributed by atoms with Gasteiger partial charge in [0, 0.05) is 26.3 Å². The number of carbonyl (C=O) groups excluding carboxylic acids is 1. The van der Waals surface area contributed by atoms with Gasteiger partial charge in [-0.05, 0) is 24.0 Å². The van der Waals surface area contributed by atoms with E-state index in [9.17, 15) is 9.59 Å². The second kappa shape index (κ2) is 5.63. The van der Waals surface area contributed by atoms with E-state index in [0.29, 0.717) is 24.1 Å². The zero-order valence-corrected chi connectivity index (χ0v) is 13.5. The van der Waals surface area contributed by atoms with Gasteiger partial charge in [-0.2, -0.15) is 5.10 Å². The van der Waals surface area contributed by atoms with Crippen molar-refractivity contribution in [3.63, 3.8) is 0 Å². The van der Waals surface area contributed by atoms with E-state index < -0.39 is 0 Å². The van der Waals surface area contributed by atoms with Gasteiger partial charge in [0.2, 0.25) is 5.43 Å². The molecule has 3 heterocycles. The predicted molar refractivity (Wildman–Crippen MR) is 90.8 cm³/mol. The number of aromatic nitrogens is 3. The number of nitrogens with one attached hydrogen (secondary N) is 1. The summed E-state index contributed by atoms with van der Waals surface area (Å²) in [5.41, 5.74) is 2.97. The number of fused-ring (bicyclic) bond motifs is 2. The number of nitrogens with zero attached hydrogens (tertiary/aromatic N) is 3. The van der Waals surface area contributed by atoms with E-state index in [0.717, 1.165) is 18.4 Å². The average molecular weight is 322 g/mol. The third-order valence-electron chi connectivity index (χ3n) is 4.65. The van der Waals surface area contributed by atoms with Crippen molar-refractivity contribution in [3.8, 4) is 0 Å². The molecule has 6 heteroatoms. The van der Waals surface area contributed by atoms with Crippen LogP contribution in [0.5, 0.6) is 0 Å². The van der Waals surface area contributed by atoms with Gasteiger partial charge in [0.15, 0.2) is 0 Å². The third kappa shape index (κ3) is 2.31. The van der Waals surface area contributed by atoms with E-state index in [1.54, 1.807) is 16.6 Å². The Kier molecular flexibility index (Phi) is 3.45. The molecule has 0 saturated heterocycles. The molecule has 0 radical (unpaired) electrons. The maximum Gasteiger partial charge on any atom is 0.259 e. The number of benzene rings is 1. The molecule has 0 aliphatic carbocycles. The quantitative estimate of drug-likeness (QED) is 0.743. The molecule has 0 bridgehead atoms. The first-order valence-corrected chi connectivity index (χ1v) is 8.04. The number of hydrogen-bond acceptors (Lipinski definition) is 3. The lowest BCUT2D eigenvalue weighted by molar-refractivity contribution is 0.0744. The monoisotopic (exact) mass is 322 g/mol. The summed E-state index contributed by atoms with van der Waals surface area (Å²) >= 11 is 0. The maximum atomic E-state index is 12.9. The van der Waals surface area contributed by atoms with E-state index in [4.69, 9.17) is 0 Å². The van der Waals surface area contributed by atoms with Gasteiger partial charge >= 0.3 is 0 Å². The van der Waals surface area contributed by atoms with Crippen LogP contribution in [0.15, 0.2) is 41.5 Å². The molecular formula is C18H18N4O2. The highest BCUT2D eigenvalue weighted by atomic mass is 16.2. The summed E-state index contributed by atoms with van der Waals surface area (Å²) in [6.07, 6.45) is 4.86. The van der Waals surface area contributed by atoms with Gasteiger partial charge in [-0.25, -0.2) is 0 Å². The molecule has 1 aromatic carbocycles. The molecule has 6 nitrogen and oxygen atoms in total. The highest BCUT2D eigenvalue weighted by Crippen LogP contribution is 2.19. The summed E-state index contributed by atoms with van der Waals surface area (Å²) in [5, 5.41) is 4.52. The average Bonchev–Trinajstić information content (AvgIpc) is 2.84. The summed E-state index contributed by atoms with van der Waals surface area (Å²) in [6.45, 7) is 1.19. The van der Waals surface area contributed by atoms with Crippen LogP contribution in [0.2, 0.25) is 0 Å². The molecule has 4 rings (SSSR count). The summed E-state index contributed by atoms with van der Waals surface area (Å²) in [4.78, 5) is 30.3. The fourth-order valence-corrected chi connectivity index (χ4v) is 3.33. The normalized spacial score (nSPS) is 14.5. The van der Waals surface area contributed by atoms with Gasteiger partial charge in [-0.3, -0.25) is 14.3 Å². The van der Waals surface area contributed by atoms with Gasteiger partial charge in [-0.1, -0.05) is 24.3 Å². The number of hydrogen-bond donors (Lipinski definition) is 1. The fourth-order valence-electron chi connectivity index (χ4n) is 3.33. The predicted octanol–water partition coefficient (Wildman–Crippen LogP) is 1.85. The van der Waals surface area contributed by atoms with Crippen molar-refractivity contribution < 1.29 is 4.79 Å². The highest BCUT2D eigenvalue weighted by Gasteiger charge is 2.23. The Labute approximate surface area is 138 Å². The lowest BCUT2D eigenvalue weighted by Gasteiger charge is -2.20. The number of aryl methyl sites for hydroxylation is 2. The van der Waals surface area contributed by atoms with E-state index >= 15 is 0 Å². The Hall–Kier alpha value is -2.89. The summed E-state index contributed by atoms with van der Waals surface area (Å²) in [5.74, 6) is -0.223.